The molecular formula is C16H26F2N2. The molecule has 0 spiro atoms. The van der Waals surface area contributed by atoms with E-state index in [1.807, 2.05) is 6.92 Å². The topological polar surface area (TPSA) is 15.3 Å². The van der Waals surface area contributed by atoms with Crippen molar-refractivity contribution >= 4 is 0 Å². The third kappa shape index (κ3) is 4.84. The van der Waals surface area contributed by atoms with Crippen molar-refractivity contribution in [1.29, 1.82) is 0 Å². The molecule has 0 amide bonds. The lowest BCUT2D eigenvalue weighted by molar-refractivity contribution is 0.248. The van der Waals surface area contributed by atoms with E-state index in [2.05, 4.69) is 24.1 Å². The Morgan fingerprint density at radius 3 is 2.55 bits per heavy atom. The van der Waals surface area contributed by atoms with Crippen LogP contribution in [0, 0.1) is 11.6 Å². The second kappa shape index (κ2) is 9.03. The average molecular weight is 284 g/mol. The van der Waals surface area contributed by atoms with Gasteiger partial charge in [-0.05, 0) is 32.1 Å². The van der Waals surface area contributed by atoms with E-state index in [1.54, 1.807) is 12.1 Å². The van der Waals surface area contributed by atoms with Crippen LogP contribution in [0.5, 0.6) is 0 Å². The maximum Gasteiger partial charge on any atom is 0.163 e. The second-order valence-electron chi connectivity index (χ2n) is 5.00. The number of likely N-dealkylation sites (N-methyl/N-ethyl adjacent to an activating group) is 2. The first-order chi connectivity index (χ1) is 9.63. The number of nitrogens with zero attached hydrogens (tertiary/aromatic N) is 1. The molecule has 0 heterocycles. The van der Waals surface area contributed by atoms with Gasteiger partial charge in [-0.25, -0.2) is 8.78 Å². The maximum absolute atomic E-state index is 13.9. The van der Waals surface area contributed by atoms with Crippen molar-refractivity contribution in [3.8, 4) is 0 Å². The zero-order valence-electron chi connectivity index (χ0n) is 12.8. The highest BCUT2D eigenvalue weighted by atomic mass is 19.2. The third-order valence-electron chi connectivity index (χ3n) is 3.52. The fraction of sp³-hybridized carbons (Fsp3) is 0.625. The lowest BCUT2D eigenvalue weighted by atomic mass is 10.0. The summed E-state index contributed by atoms with van der Waals surface area (Å²) in [7, 11) is 0. The normalized spacial score (nSPS) is 12.9. The zero-order valence-corrected chi connectivity index (χ0v) is 12.8. The largest absolute Gasteiger partial charge is 0.309 e. The summed E-state index contributed by atoms with van der Waals surface area (Å²) in [6, 6.07) is 4.23. The quantitative estimate of drug-likeness (QED) is 0.743. The van der Waals surface area contributed by atoms with E-state index in [9.17, 15) is 8.78 Å². The molecule has 0 aliphatic heterocycles. The molecule has 114 valence electrons. The summed E-state index contributed by atoms with van der Waals surface area (Å²) in [5, 5.41) is 3.26. The molecule has 0 saturated heterocycles. The Balaban J connectivity index is 2.84. The lowest BCUT2D eigenvalue weighted by Crippen LogP contribution is -2.36. The van der Waals surface area contributed by atoms with Crippen molar-refractivity contribution in [2.24, 2.45) is 0 Å². The lowest BCUT2D eigenvalue weighted by Gasteiger charge is -2.27. The maximum atomic E-state index is 13.9. The molecule has 0 aromatic heterocycles. The molecule has 20 heavy (non-hydrogen) atoms. The number of rotatable bonds is 9. The van der Waals surface area contributed by atoms with Gasteiger partial charge in [-0.15, -0.1) is 0 Å². The molecule has 1 unspecified atom stereocenters. The molecule has 4 heteroatoms. The number of benzene rings is 1. The minimum atomic E-state index is -0.776. The van der Waals surface area contributed by atoms with Crippen molar-refractivity contribution < 1.29 is 8.78 Å². The van der Waals surface area contributed by atoms with Crippen LogP contribution < -0.4 is 5.32 Å². The number of unbranched alkanes of at least 4 members (excludes halogenated alkanes) is 1. The fourth-order valence-corrected chi connectivity index (χ4v) is 2.33. The van der Waals surface area contributed by atoms with E-state index >= 15 is 0 Å². The van der Waals surface area contributed by atoms with Gasteiger partial charge in [0.25, 0.3) is 0 Å². The van der Waals surface area contributed by atoms with Gasteiger partial charge >= 0.3 is 0 Å². The van der Waals surface area contributed by atoms with Crippen LogP contribution in [0.2, 0.25) is 0 Å². The molecule has 0 aliphatic rings. The van der Waals surface area contributed by atoms with Crippen molar-refractivity contribution in [2.75, 3.05) is 26.2 Å². The summed E-state index contributed by atoms with van der Waals surface area (Å²) in [5.41, 5.74) is 0.418. The van der Waals surface area contributed by atoms with Gasteiger partial charge in [0.1, 0.15) is 0 Å². The van der Waals surface area contributed by atoms with Crippen molar-refractivity contribution in [3.05, 3.63) is 35.4 Å². The molecule has 0 saturated carbocycles. The monoisotopic (exact) mass is 284 g/mol. The number of hydrogen-bond donors (Lipinski definition) is 1. The van der Waals surface area contributed by atoms with Gasteiger partial charge in [-0.2, -0.15) is 0 Å². The predicted octanol–water partition coefficient (Wildman–Crippen LogP) is 3.74. The molecule has 2 nitrogen and oxygen atoms in total. The SMILES string of the molecule is CCCCN(CC)CC(NCC)c1cccc(F)c1F. The Labute approximate surface area is 121 Å². The first kappa shape index (κ1) is 17.1. The summed E-state index contributed by atoms with van der Waals surface area (Å²) in [6.07, 6.45) is 2.26. The standard InChI is InChI=1S/C16H26F2N2/c1-4-7-11-20(6-3)12-15(19-5-2)13-9-8-10-14(17)16(13)18/h8-10,15,19H,4-7,11-12H2,1-3H3. The van der Waals surface area contributed by atoms with Crippen LogP contribution in [0.25, 0.3) is 0 Å². The van der Waals surface area contributed by atoms with Gasteiger partial charge in [-0.1, -0.05) is 39.3 Å². The number of nitrogens with one attached hydrogen (secondary N) is 1. The van der Waals surface area contributed by atoms with Crippen LogP contribution in [0.3, 0.4) is 0 Å². The van der Waals surface area contributed by atoms with E-state index in [0.717, 1.165) is 38.5 Å². The van der Waals surface area contributed by atoms with Gasteiger partial charge in [0.05, 0.1) is 0 Å². The fourth-order valence-electron chi connectivity index (χ4n) is 2.33. The van der Waals surface area contributed by atoms with Gasteiger partial charge in [0.15, 0.2) is 11.6 Å². The smallest absolute Gasteiger partial charge is 0.163 e. The summed E-state index contributed by atoms with van der Waals surface area (Å²) in [4.78, 5) is 2.28. The molecule has 1 atom stereocenters. The second-order valence-corrected chi connectivity index (χ2v) is 5.00. The molecule has 1 rings (SSSR count). The van der Waals surface area contributed by atoms with Crippen molar-refractivity contribution in [2.45, 2.75) is 39.7 Å². The minimum Gasteiger partial charge on any atom is -0.309 e. The zero-order chi connectivity index (χ0) is 15.0. The Kier molecular flexibility index (Phi) is 7.70. The van der Waals surface area contributed by atoms with E-state index < -0.39 is 11.6 Å². The van der Waals surface area contributed by atoms with Crippen LogP contribution in [-0.2, 0) is 0 Å². The van der Waals surface area contributed by atoms with E-state index in [1.165, 1.54) is 0 Å². The highest BCUT2D eigenvalue weighted by molar-refractivity contribution is 5.23. The van der Waals surface area contributed by atoms with Crippen molar-refractivity contribution in [3.63, 3.8) is 0 Å². The Morgan fingerprint density at radius 2 is 1.95 bits per heavy atom. The van der Waals surface area contributed by atoms with Gasteiger partial charge < -0.3 is 10.2 Å². The summed E-state index contributed by atoms with van der Waals surface area (Å²) < 4.78 is 27.3. The first-order valence-corrected chi connectivity index (χ1v) is 7.53. The van der Waals surface area contributed by atoms with E-state index in [0.29, 0.717) is 12.1 Å². The van der Waals surface area contributed by atoms with E-state index in [4.69, 9.17) is 0 Å². The van der Waals surface area contributed by atoms with Gasteiger partial charge in [0.2, 0.25) is 0 Å². The average Bonchev–Trinajstić information content (AvgIpc) is 2.45. The summed E-state index contributed by atoms with van der Waals surface area (Å²) in [6.45, 7) is 9.57. The molecule has 0 radical (unpaired) electrons. The van der Waals surface area contributed by atoms with Crippen molar-refractivity contribution in [1.82, 2.24) is 10.2 Å². The van der Waals surface area contributed by atoms with Crippen LogP contribution >= 0.6 is 0 Å². The van der Waals surface area contributed by atoms with Crippen LogP contribution in [0.4, 0.5) is 8.78 Å². The highest BCUT2D eigenvalue weighted by Gasteiger charge is 2.19. The number of hydrogen-bond acceptors (Lipinski definition) is 2. The molecular weight excluding hydrogens is 258 g/mol. The highest BCUT2D eigenvalue weighted by Crippen LogP contribution is 2.20. The Hall–Kier alpha value is -1.00. The molecule has 1 aromatic rings. The molecule has 0 bridgehead atoms. The van der Waals surface area contributed by atoms with E-state index in [-0.39, 0.29) is 6.04 Å². The van der Waals surface area contributed by atoms with Gasteiger partial charge in [0, 0.05) is 18.2 Å². The molecule has 1 N–H and O–H groups in total. The molecule has 0 aliphatic carbocycles. The van der Waals surface area contributed by atoms with Gasteiger partial charge in [-0.3, -0.25) is 0 Å². The van der Waals surface area contributed by atoms with Crippen LogP contribution in [-0.4, -0.2) is 31.1 Å². The first-order valence-electron chi connectivity index (χ1n) is 7.53. The predicted molar refractivity (Wildman–Crippen MR) is 79.8 cm³/mol. The third-order valence-corrected chi connectivity index (χ3v) is 3.52. The van der Waals surface area contributed by atoms with Crippen LogP contribution in [0.1, 0.15) is 45.2 Å². The summed E-state index contributed by atoms with van der Waals surface area (Å²) in [5.74, 6) is -1.51. The molecule has 1 aromatic carbocycles. The number of halogens is 2. The Morgan fingerprint density at radius 1 is 1.20 bits per heavy atom. The molecule has 0 fully saturated rings. The van der Waals surface area contributed by atoms with Crippen LogP contribution in [0.15, 0.2) is 18.2 Å². The summed E-state index contributed by atoms with van der Waals surface area (Å²) >= 11 is 0. The minimum absolute atomic E-state index is 0.174. The Bertz CT molecular complexity index is 396.